The maximum atomic E-state index is 13.6. The van der Waals surface area contributed by atoms with Crippen LogP contribution in [0.4, 0.5) is 17.6 Å². The van der Waals surface area contributed by atoms with Crippen molar-refractivity contribution in [2.45, 2.75) is 12.7 Å². The molecule has 5 heteroatoms. The largest absolute Gasteiger partial charge is 0.416 e. The molecule has 19 heavy (non-hydrogen) atoms. The highest BCUT2D eigenvalue weighted by Gasteiger charge is 2.30. The summed E-state index contributed by atoms with van der Waals surface area (Å²) in [5.74, 6) is -0.516. The molecule has 0 atom stereocenters. The summed E-state index contributed by atoms with van der Waals surface area (Å²) in [5.41, 5.74) is 5.58. The van der Waals surface area contributed by atoms with Gasteiger partial charge in [-0.3, -0.25) is 0 Å². The van der Waals surface area contributed by atoms with Gasteiger partial charge in [-0.25, -0.2) is 4.39 Å². The van der Waals surface area contributed by atoms with Crippen LogP contribution in [-0.2, 0) is 12.7 Å². The van der Waals surface area contributed by atoms with E-state index in [1.807, 2.05) is 0 Å². The van der Waals surface area contributed by atoms with E-state index in [1.165, 1.54) is 24.3 Å². The standard InChI is InChI=1S/C14H11F4N/c15-13-6-2-5-11(12(13)8-19)9-3-1-4-10(7-9)14(16,17)18/h1-7H,8,19H2. The number of benzene rings is 2. The second-order valence-corrected chi connectivity index (χ2v) is 4.05. The maximum Gasteiger partial charge on any atom is 0.416 e. The van der Waals surface area contributed by atoms with Gasteiger partial charge in [-0.1, -0.05) is 24.3 Å². The van der Waals surface area contributed by atoms with Crippen molar-refractivity contribution in [1.82, 2.24) is 0 Å². The molecule has 2 N–H and O–H groups in total. The van der Waals surface area contributed by atoms with Crippen molar-refractivity contribution in [2.24, 2.45) is 5.73 Å². The molecule has 0 aromatic heterocycles. The number of halogens is 4. The fourth-order valence-corrected chi connectivity index (χ4v) is 1.90. The minimum absolute atomic E-state index is 0.0712. The summed E-state index contributed by atoms with van der Waals surface area (Å²) in [6.07, 6.45) is -4.42. The van der Waals surface area contributed by atoms with Gasteiger partial charge in [-0.15, -0.1) is 0 Å². The Bertz CT molecular complexity index is 590. The fraction of sp³-hybridized carbons (Fsp3) is 0.143. The zero-order valence-corrected chi connectivity index (χ0v) is 9.84. The van der Waals surface area contributed by atoms with E-state index in [4.69, 9.17) is 5.73 Å². The molecule has 0 fully saturated rings. The molecule has 2 rings (SSSR count). The quantitative estimate of drug-likeness (QED) is 0.820. The van der Waals surface area contributed by atoms with Gasteiger partial charge < -0.3 is 5.73 Å². The summed E-state index contributed by atoms with van der Waals surface area (Å²) >= 11 is 0. The van der Waals surface area contributed by atoms with Gasteiger partial charge in [0.1, 0.15) is 5.82 Å². The second-order valence-electron chi connectivity index (χ2n) is 4.05. The summed E-state index contributed by atoms with van der Waals surface area (Å²) < 4.78 is 51.5. The molecular formula is C14H11F4N. The van der Waals surface area contributed by atoms with E-state index in [-0.39, 0.29) is 12.1 Å². The molecule has 0 aliphatic carbocycles. The summed E-state index contributed by atoms with van der Waals surface area (Å²) in [6, 6.07) is 9.01. The Hall–Kier alpha value is -1.88. The number of rotatable bonds is 2. The van der Waals surface area contributed by atoms with Crippen molar-refractivity contribution in [3.05, 3.63) is 59.4 Å². The Labute approximate surface area is 107 Å². The molecule has 0 heterocycles. The average molecular weight is 269 g/mol. The lowest BCUT2D eigenvalue weighted by molar-refractivity contribution is -0.137. The van der Waals surface area contributed by atoms with Crippen LogP contribution in [0.1, 0.15) is 11.1 Å². The van der Waals surface area contributed by atoms with Crippen LogP contribution in [0, 0.1) is 5.82 Å². The molecule has 0 bridgehead atoms. The third-order valence-electron chi connectivity index (χ3n) is 2.82. The van der Waals surface area contributed by atoms with Crippen LogP contribution in [0.25, 0.3) is 11.1 Å². The van der Waals surface area contributed by atoms with Gasteiger partial charge in [0.15, 0.2) is 0 Å². The van der Waals surface area contributed by atoms with E-state index < -0.39 is 17.6 Å². The van der Waals surface area contributed by atoms with E-state index >= 15 is 0 Å². The first-order valence-corrected chi connectivity index (χ1v) is 5.58. The maximum absolute atomic E-state index is 13.6. The zero-order valence-electron chi connectivity index (χ0n) is 9.84. The molecule has 100 valence electrons. The highest BCUT2D eigenvalue weighted by Crippen LogP contribution is 2.33. The highest BCUT2D eigenvalue weighted by molar-refractivity contribution is 5.68. The SMILES string of the molecule is NCc1c(F)cccc1-c1cccc(C(F)(F)F)c1. The lowest BCUT2D eigenvalue weighted by Gasteiger charge is -2.12. The van der Waals surface area contributed by atoms with Crippen molar-refractivity contribution >= 4 is 0 Å². The monoisotopic (exact) mass is 269 g/mol. The van der Waals surface area contributed by atoms with Crippen molar-refractivity contribution in [3.63, 3.8) is 0 Å². The predicted octanol–water partition coefficient (Wildman–Crippen LogP) is 3.97. The van der Waals surface area contributed by atoms with Crippen LogP contribution in [0.15, 0.2) is 42.5 Å². The lowest BCUT2D eigenvalue weighted by Crippen LogP contribution is -2.06. The Morgan fingerprint density at radius 3 is 2.32 bits per heavy atom. The van der Waals surface area contributed by atoms with Crippen molar-refractivity contribution in [1.29, 1.82) is 0 Å². The molecule has 0 aliphatic heterocycles. The normalized spacial score (nSPS) is 11.6. The van der Waals surface area contributed by atoms with Crippen LogP contribution >= 0.6 is 0 Å². The van der Waals surface area contributed by atoms with Gasteiger partial charge in [0.2, 0.25) is 0 Å². The molecule has 0 saturated carbocycles. The number of hydrogen-bond donors (Lipinski definition) is 1. The minimum atomic E-state index is -4.42. The molecule has 0 unspecified atom stereocenters. The molecule has 0 saturated heterocycles. The first kappa shape index (κ1) is 13.5. The molecule has 0 amide bonds. The summed E-state index contributed by atoms with van der Waals surface area (Å²) in [5, 5.41) is 0. The van der Waals surface area contributed by atoms with E-state index in [9.17, 15) is 17.6 Å². The van der Waals surface area contributed by atoms with Gasteiger partial charge in [-0.2, -0.15) is 13.2 Å². The molecule has 0 aliphatic rings. The topological polar surface area (TPSA) is 26.0 Å². The molecular weight excluding hydrogens is 258 g/mol. The molecule has 0 spiro atoms. The number of nitrogens with two attached hydrogens (primary N) is 1. The Balaban J connectivity index is 2.57. The third kappa shape index (κ3) is 2.76. The molecule has 2 aromatic carbocycles. The first-order chi connectivity index (χ1) is 8.93. The highest BCUT2D eigenvalue weighted by atomic mass is 19.4. The summed E-state index contributed by atoms with van der Waals surface area (Å²) in [7, 11) is 0. The van der Waals surface area contributed by atoms with Gasteiger partial charge in [0.05, 0.1) is 5.56 Å². The average Bonchev–Trinajstić information content (AvgIpc) is 2.37. The van der Waals surface area contributed by atoms with Crippen LogP contribution in [0.5, 0.6) is 0 Å². The Morgan fingerprint density at radius 2 is 1.68 bits per heavy atom. The van der Waals surface area contributed by atoms with Crippen LogP contribution in [0.2, 0.25) is 0 Å². The predicted molar refractivity (Wildman–Crippen MR) is 64.7 cm³/mol. The van der Waals surface area contributed by atoms with Crippen LogP contribution in [-0.4, -0.2) is 0 Å². The van der Waals surface area contributed by atoms with Gasteiger partial charge >= 0.3 is 6.18 Å². The summed E-state index contributed by atoms with van der Waals surface area (Å²) in [4.78, 5) is 0. The van der Waals surface area contributed by atoms with E-state index in [0.717, 1.165) is 12.1 Å². The van der Waals surface area contributed by atoms with Crippen LogP contribution in [0.3, 0.4) is 0 Å². The first-order valence-electron chi connectivity index (χ1n) is 5.58. The molecule has 2 aromatic rings. The lowest BCUT2D eigenvalue weighted by atomic mass is 9.97. The van der Waals surface area contributed by atoms with Gasteiger partial charge in [0, 0.05) is 12.1 Å². The van der Waals surface area contributed by atoms with E-state index in [0.29, 0.717) is 11.1 Å². The Kier molecular flexibility index (Phi) is 3.57. The van der Waals surface area contributed by atoms with E-state index in [1.54, 1.807) is 6.07 Å². The van der Waals surface area contributed by atoms with Gasteiger partial charge in [-0.05, 0) is 29.3 Å². The smallest absolute Gasteiger partial charge is 0.326 e. The van der Waals surface area contributed by atoms with Crippen molar-refractivity contribution < 1.29 is 17.6 Å². The zero-order chi connectivity index (χ0) is 14.0. The fourth-order valence-electron chi connectivity index (χ4n) is 1.90. The van der Waals surface area contributed by atoms with E-state index in [2.05, 4.69) is 0 Å². The third-order valence-corrected chi connectivity index (χ3v) is 2.82. The van der Waals surface area contributed by atoms with Crippen molar-refractivity contribution in [3.8, 4) is 11.1 Å². The minimum Gasteiger partial charge on any atom is -0.326 e. The van der Waals surface area contributed by atoms with Crippen LogP contribution < -0.4 is 5.73 Å². The van der Waals surface area contributed by atoms with Crippen molar-refractivity contribution in [2.75, 3.05) is 0 Å². The number of alkyl halides is 3. The molecule has 0 radical (unpaired) electrons. The molecule has 1 nitrogen and oxygen atoms in total. The summed E-state index contributed by atoms with van der Waals surface area (Å²) in [6.45, 7) is -0.0712. The van der Waals surface area contributed by atoms with Gasteiger partial charge in [0.25, 0.3) is 0 Å². The number of hydrogen-bond acceptors (Lipinski definition) is 1. The Morgan fingerprint density at radius 1 is 1.00 bits per heavy atom. The second kappa shape index (κ2) is 5.01.